The molecule has 3 nitrogen and oxygen atoms in total. The van der Waals surface area contributed by atoms with E-state index in [9.17, 15) is 0 Å². The first-order valence-electron chi connectivity index (χ1n) is 5.13. The second-order valence-electron chi connectivity index (χ2n) is 4.51. The lowest BCUT2D eigenvalue weighted by Gasteiger charge is -2.23. The fourth-order valence-corrected chi connectivity index (χ4v) is 2.44. The van der Waals surface area contributed by atoms with Crippen molar-refractivity contribution in [1.29, 1.82) is 0 Å². The fourth-order valence-electron chi connectivity index (χ4n) is 1.66. The molecule has 0 saturated heterocycles. The van der Waals surface area contributed by atoms with Gasteiger partial charge in [-0.3, -0.25) is 4.40 Å². The van der Waals surface area contributed by atoms with Gasteiger partial charge in [-0.2, -0.15) is 0 Å². The maximum atomic E-state index is 4.55. The van der Waals surface area contributed by atoms with Crippen LogP contribution < -0.4 is 5.32 Å². The lowest BCUT2D eigenvalue weighted by Crippen LogP contribution is -2.38. The third-order valence-electron chi connectivity index (χ3n) is 2.85. The summed E-state index contributed by atoms with van der Waals surface area (Å²) in [5.41, 5.74) is 2.57. The van der Waals surface area contributed by atoms with Crippen molar-refractivity contribution in [2.75, 3.05) is 7.05 Å². The van der Waals surface area contributed by atoms with Gasteiger partial charge in [-0.15, -0.1) is 11.3 Å². The summed E-state index contributed by atoms with van der Waals surface area (Å²) in [6.07, 6.45) is 3.09. The molecular formula is C11H17N3S. The molecule has 0 saturated carbocycles. The molecule has 0 spiro atoms. The molecule has 2 rings (SSSR count). The van der Waals surface area contributed by atoms with E-state index in [0.29, 0.717) is 0 Å². The summed E-state index contributed by atoms with van der Waals surface area (Å²) in [7, 11) is 2.00. The molecule has 2 aromatic heterocycles. The van der Waals surface area contributed by atoms with Gasteiger partial charge in [0, 0.05) is 29.2 Å². The quantitative estimate of drug-likeness (QED) is 0.864. The van der Waals surface area contributed by atoms with Crippen LogP contribution >= 0.6 is 11.3 Å². The zero-order chi connectivity index (χ0) is 11.1. The van der Waals surface area contributed by atoms with Gasteiger partial charge in [0.2, 0.25) is 0 Å². The van der Waals surface area contributed by atoms with E-state index in [1.54, 1.807) is 11.3 Å². The normalized spacial score (nSPS) is 12.5. The molecule has 0 atom stereocenters. The first-order chi connectivity index (χ1) is 7.03. The minimum absolute atomic E-state index is 0.114. The maximum absolute atomic E-state index is 4.55. The van der Waals surface area contributed by atoms with Crippen LogP contribution in [0.15, 0.2) is 11.6 Å². The third-order valence-corrected chi connectivity index (χ3v) is 3.60. The fraction of sp³-hybridized carbons (Fsp3) is 0.545. The molecule has 0 aliphatic carbocycles. The predicted octanol–water partition coefficient (Wildman–Crippen LogP) is 2.24. The van der Waals surface area contributed by atoms with Gasteiger partial charge in [0.25, 0.3) is 0 Å². The van der Waals surface area contributed by atoms with Gasteiger partial charge in [0.1, 0.15) is 0 Å². The highest BCUT2D eigenvalue weighted by atomic mass is 32.1. The standard InChI is InChI=1S/C11H17N3S/c1-8-9(7-11(2,3)12-4)14-5-6-15-10(14)13-8/h5-6,12H,7H2,1-4H3. The zero-order valence-electron chi connectivity index (χ0n) is 9.66. The number of nitrogens with one attached hydrogen (secondary N) is 1. The number of fused-ring (bicyclic) bond motifs is 1. The minimum Gasteiger partial charge on any atom is -0.314 e. The number of aromatic nitrogens is 2. The van der Waals surface area contributed by atoms with Gasteiger partial charge in [-0.05, 0) is 27.8 Å². The van der Waals surface area contributed by atoms with Crippen molar-refractivity contribution < 1.29 is 0 Å². The highest BCUT2D eigenvalue weighted by molar-refractivity contribution is 7.15. The van der Waals surface area contributed by atoms with E-state index in [0.717, 1.165) is 17.1 Å². The Morgan fingerprint density at radius 3 is 2.93 bits per heavy atom. The molecule has 15 heavy (non-hydrogen) atoms. The number of aryl methyl sites for hydroxylation is 1. The highest BCUT2D eigenvalue weighted by Crippen LogP contribution is 2.20. The average molecular weight is 223 g/mol. The summed E-state index contributed by atoms with van der Waals surface area (Å²) in [4.78, 5) is 5.64. The number of hydrogen-bond acceptors (Lipinski definition) is 3. The second kappa shape index (κ2) is 3.61. The Hall–Kier alpha value is -0.870. The summed E-state index contributed by atoms with van der Waals surface area (Å²) in [6.45, 7) is 6.50. The molecule has 0 amide bonds. The van der Waals surface area contributed by atoms with Crippen molar-refractivity contribution in [3.8, 4) is 0 Å². The first kappa shape index (κ1) is 10.6. The van der Waals surface area contributed by atoms with Crippen molar-refractivity contribution in [3.05, 3.63) is 23.0 Å². The average Bonchev–Trinajstić information content (AvgIpc) is 2.71. The monoisotopic (exact) mass is 223 g/mol. The molecule has 1 N–H and O–H groups in total. The van der Waals surface area contributed by atoms with Crippen LogP contribution in [0.25, 0.3) is 4.96 Å². The van der Waals surface area contributed by atoms with Crippen molar-refractivity contribution in [1.82, 2.24) is 14.7 Å². The van der Waals surface area contributed by atoms with Gasteiger partial charge in [0.05, 0.1) is 5.69 Å². The molecule has 0 aliphatic rings. The van der Waals surface area contributed by atoms with Crippen LogP contribution in [0.2, 0.25) is 0 Å². The van der Waals surface area contributed by atoms with Gasteiger partial charge < -0.3 is 5.32 Å². The van der Waals surface area contributed by atoms with Crippen molar-refractivity contribution >= 4 is 16.3 Å². The van der Waals surface area contributed by atoms with E-state index in [2.05, 4.69) is 47.0 Å². The van der Waals surface area contributed by atoms with E-state index in [1.165, 1.54) is 5.69 Å². The van der Waals surface area contributed by atoms with Gasteiger partial charge in [0.15, 0.2) is 4.96 Å². The third kappa shape index (κ3) is 1.92. The Bertz CT molecular complexity index is 467. The number of rotatable bonds is 3. The number of likely N-dealkylation sites (N-methyl/N-ethyl adjacent to an activating group) is 1. The molecule has 0 aliphatic heterocycles. The Kier molecular flexibility index (Phi) is 2.56. The maximum Gasteiger partial charge on any atom is 0.194 e. The molecule has 4 heteroatoms. The molecule has 0 unspecified atom stereocenters. The predicted molar refractivity (Wildman–Crippen MR) is 64.6 cm³/mol. The van der Waals surface area contributed by atoms with Crippen molar-refractivity contribution in [2.45, 2.75) is 32.7 Å². The smallest absolute Gasteiger partial charge is 0.194 e. The molecule has 0 radical (unpaired) electrons. The van der Waals surface area contributed by atoms with Crippen LogP contribution in [-0.2, 0) is 6.42 Å². The van der Waals surface area contributed by atoms with Gasteiger partial charge in [-0.25, -0.2) is 4.98 Å². The zero-order valence-corrected chi connectivity index (χ0v) is 10.5. The topological polar surface area (TPSA) is 29.3 Å². The minimum atomic E-state index is 0.114. The van der Waals surface area contributed by atoms with E-state index in [1.807, 2.05) is 7.05 Å². The molecule has 2 heterocycles. The van der Waals surface area contributed by atoms with Crippen LogP contribution in [0.4, 0.5) is 0 Å². The molecule has 2 aromatic rings. The summed E-state index contributed by atoms with van der Waals surface area (Å²) in [5, 5.41) is 5.41. The highest BCUT2D eigenvalue weighted by Gasteiger charge is 2.20. The first-order valence-corrected chi connectivity index (χ1v) is 6.01. The summed E-state index contributed by atoms with van der Waals surface area (Å²) in [6, 6.07) is 0. The molecule has 0 aromatic carbocycles. The summed E-state index contributed by atoms with van der Waals surface area (Å²) < 4.78 is 2.19. The molecule has 82 valence electrons. The Morgan fingerprint density at radius 2 is 2.27 bits per heavy atom. The number of thiazole rings is 1. The number of hydrogen-bond donors (Lipinski definition) is 1. The van der Waals surface area contributed by atoms with Crippen LogP contribution in [0, 0.1) is 6.92 Å². The van der Waals surface area contributed by atoms with E-state index < -0.39 is 0 Å². The molecule has 0 bridgehead atoms. The van der Waals surface area contributed by atoms with Gasteiger partial charge in [-0.1, -0.05) is 0 Å². The van der Waals surface area contributed by atoms with Crippen molar-refractivity contribution in [3.63, 3.8) is 0 Å². The van der Waals surface area contributed by atoms with Crippen LogP contribution in [0.5, 0.6) is 0 Å². The largest absolute Gasteiger partial charge is 0.314 e. The second-order valence-corrected chi connectivity index (χ2v) is 5.38. The molecule has 0 fully saturated rings. The van der Waals surface area contributed by atoms with E-state index >= 15 is 0 Å². The van der Waals surface area contributed by atoms with E-state index in [4.69, 9.17) is 0 Å². The number of nitrogens with zero attached hydrogens (tertiary/aromatic N) is 2. The number of imidazole rings is 1. The van der Waals surface area contributed by atoms with Crippen LogP contribution in [0.3, 0.4) is 0 Å². The summed E-state index contributed by atoms with van der Waals surface area (Å²) in [5.74, 6) is 0. The Morgan fingerprint density at radius 1 is 1.53 bits per heavy atom. The van der Waals surface area contributed by atoms with Crippen LogP contribution in [-0.4, -0.2) is 22.0 Å². The van der Waals surface area contributed by atoms with Crippen molar-refractivity contribution in [2.24, 2.45) is 0 Å². The molecular weight excluding hydrogens is 206 g/mol. The lowest BCUT2D eigenvalue weighted by atomic mass is 9.98. The SMILES string of the molecule is CNC(C)(C)Cc1c(C)nc2sccn12. The Labute approximate surface area is 94.1 Å². The van der Waals surface area contributed by atoms with Gasteiger partial charge >= 0.3 is 0 Å². The lowest BCUT2D eigenvalue weighted by molar-refractivity contribution is 0.416. The van der Waals surface area contributed by atoms with E-state index in [-0.39, 0.29) is 5.54 Å². The van der Waals surface area contributed by atoms with Crippen LogP contribution in [0.1, 0.15) is 25.2 Å². The summed E-state index contributed by atoms with van der Waals surface area (Å²) >= 11 is 1.69. The Balaban J connectivity index is 2.42.